The summed E-state index contributed by atoms with van der Waals surface area (Å²) in [5.41, 5.74) is 4.96. The maximum absolute atomic E-state index is 13.4. The summed E-state index contributed by atoms with van der Waals surface area (Å²) in [5.74, 6) is 0.721. The number of benzene rings is 2. The Morgan fingerprint density at radius 1 is 0.938 bits per heavy atom. The first-order valence-corrected chi connectivity index (χ1v) is 15.6. The smallest absolute Gasteiger partial charge is 0.283 e. The van der Waals surface area contributed by atoms with Crippen LogP contribution in [-0.4, -0.2) is 28.9 Å². The van der Waals surface area contributed by atoms with Gasteiger partial charge in [-0.05, 0) is 37.1 Å². The van der Waals surface area contributed by atoms with E-state index in [1.165, 1.54) is 5.56 Å². The number of para-hydroxylation sites is 1. The molecule has 0 unspecified atom stereocenters. The van der Waals surface area contributed by atoms with Gasteiger partial charge in [0.1, 0.15) is 5.84 Å². The standard InChI is InChI=1S/C26H38N2O2SSi/c1-19(2)32(20(3)4,21(5)6)18-26(28-17-16-23-10-8-9-11-25(23)28)27-31(29,30)24-14-12-22(7)13-15-24/h8-15,19-21H,16-18H2,1-7H3/b27-26+. The molecule has 0 spiro atoms. The van der Waals surface area contributed by atoms with E-state index in [0.717, 1.165) is 36.1 Å². The van der Waals surface area contributed by atoms with E-state index in [1.807, 2.05) is 25.1 Å². The van der Waals surface area contributed by atoms with Crippen LogP contribution in [0.15, 0.2) is 57.8 Å². The third-order valence-corrected chi connectivity index (χ3v) is 16.1. The fourth-order valence-electron chi connectivity index (χ4n) is 5.57. The SMILES string of the molecule is Cc1ccc(S(=O)(=O)/N=C(\C[Si](C(C)C)(C(C)C)C(C)C)N2CCc3ccccc32)cc1. The first-order valence-electron chi connectivity index (χ1n) is 11.7. The third-order valence-electron chi connectivity index (χ3n) is 7.43. The number of hydrogen-bond acceptors (Lipinski definition) is 2. The van der Waals surface area contributed by atoms with Crippen LogP contribution in [0, 0.1) is 6.92 Å². The zero-order valence-electron chi connectivity index (χ0n) is 20.6. The van der Waals surface area contributed by atoms with Crippen molar-refractivity contribution in [2.24, 2.45) is 4.40 Å². The minimum absolute atomic E-state index is 0.263. The van der Waals surface area contributed by atoms with Gasteiger partial charge in [0.05, 0.1) is 13.0 Å². The number of anilines is 1. The van der Waals surface area contributed by atoms with Gasteiger partial charge in [-0.15, -0.1) is 4.40 Å². The molecule has 2 aromatic rings. The van der Waals surface area contributed by atoms with Crippen LogP contribution in [0.4, 0.5) is 5.69 Å². The highest BCUT2D eigenvalue weighted by atomic mass is 32.2. The van der Waals surface area contributed by atoms with Crippen LogP contribution in [0.25, 0.3) is 0 Å². The first-order chi connectivity index (χ1) is 15.0. The summed E-state index contributed by atoms with van der Waals surface area (Å²) >= 11 is 0. The Balaban J connectivity index is 2.16. The monoisotopic (exact) mass is 470 g/mol. The van der Waals surface area contributed by atoms with Crippen molar-refractivity contribution in [2.75, 3.05) is 11.4 Å². The zero-order chi connectivity index (χ0) is 23.7. The van der Waals surface area contributed by atoms with E-state index in [9.17, 15) is 8.42 Å². The molecule has 6 heteroatoms. The number of hydrogen-bond donors (Lipinski definition) is 0. The van der Waals surface area contributed by atoms with Crippen LogP contribution in [-0.2, 0) is 16.4 Å². The third kappa shape index (κ3) is 4.71. The minimum atomic E-state index is -3.80. The van der Waals surface area contributed by atoms with Crippen molar-refractivity contribution in [1.29, 1.82) is 0 Å². The lowest BCUT2D eigenvalue weighted by atomic mass is 10.2. The molecule has 0 aromatic heterocycles. The fraction of sp³-hybridized carbons (Fsp3) is 0.500. The lowest BCUT2D eigenvalue weighted by molar-refractivity contribution is 0.598. The van der Waals surface area contributed by atoms with Crippen LogP contribution in [0.2, 0.25) is 22.7 Å². The number of aryl methyl sites for hydroxylation is 1. The number of fused-ring (bicyclic) bond motifs is 1. The molecule has 0 radical (unpaired) electrons. The normalized spacial score (nSPS) is 15.2. The van der Waals surface area contributed by atoms with Gasteiger partial charge in [-0.25, -0.2) is 0 Å². The highest BCUT2D eigenvalue weighted by Crippen LogP contribution is 2.46. The van der Waals surface area contributed by atoms with Crippen LogP contribution >= 0.6 is 0 Å². The number of amidine groups is 1. The van der Waals surface area contributed by atoms with Crippen LogP contribution in [0.3, 0.4) is 0 Å². The molecular weight excluding hydrogens is 432 g/mol. The number of nitrogens with zero attached hydrogens (tertiary/aromatic N) is 2. The van der Waals surface area contributed by atoms with Crippen molar-refractivity contribution in [2.45, 2.75) is 82.5 Å². The van der Waals surface area contributed by atoms with E-state index in [0.29, 0.717) is 16.6 Å². The Hall–Kier alpha value is -1.92. The van der Waals surface area contributed by atoms with Crippen molar-refractivity contribution in [3.63, 3.8) is 0 Å². The molecule has 0 fully saturated rings. The summed E-state index contributed by atoms with van der Waals surface area (Å²) < 4.78 is 31.4. The predicted octanol–water partition coefficient (Wildman–Crippen LogP) is 6.82. The molecule has 4 nitrogen and oxygen atoms in total. The molecule has 2 aromatic carbocycles. The van der Waals surface area contributed by atoms with Gasteiger partial charge in [-0.3, -0.25) is 0 Å². The molecule has 32 heavy (non-hydrogen) atoms. The highest BCUT2D eigenvalue weighted by molar-refractivity contribution is 7.90. The second-order valence-electron chi connectivity index (χ2n) is 10.1. The lowest BCUT2D eigenvalue weighted by Crippen LogP contribution is -2.49. The van der Waals surface area contributed by atoms with E-state index in [2.05, 4.69) is 69.0 Å². The highest BCUT2D eigenvalue weighted by Gasteiger charge is 2.45. The van der Waals surface area contributed by atoms with Crippen molar-refractivity contribution >= 4 is 29.6 Å². The summed E-state index contributed by atoms with van der Waals surface area (Å²) in [4.78, 5) is 2.44. The average Bonchev–Trinajstić information content (AvgIpc) is 3.14. The maximum atomic E-state index is 13.4. The van der Waals surface area contributed by atoms with Crippen molar-refractivity contribution in [1.82, 2.24) is 0 Å². The predicted molar refractivity (Wildman–Crippen MR) is 139 cm³/mol. The second-order valence-corrected chi connectivity index (χ2v) is 17.7. The summed E-state index contributed by atoms with van der Waals surface area (Å²) in [6.07, 6.45) is 0.916. The molecule has 0 aliphatic carbocycles. The quantitative estimate of drug-likeness (QED) is 0.253. The molecule has 0 amide bonds. The lowest BCUT2D eigenvalue weighted by Gasteiger charge is -2.44. The van der Waals surface area contributed by atoms with E-state index in [-0.39, 0.29) is 4.90 Å². The molecule has 0 N–H and O–H groups in total. The van der Waals surface area contributed by atoms with Gasteiger partial charge < -0.3 is 4.90 Å². The molecule has 1 aliphatic rings. The molecule has 0 saturated carbocycles. The molecule has 1 aliphatic heterocycles. The molecular formula is C26H38N2O2SSi. The van der Waals surface area contributed by atoms with E-state index < -0.39 is 18.1 Å². The van der Waals surface area contributed by atoms with E-state index >= 15 is 0 Å². The Labute approximate surface area is 195 Å². The molecule has 3 rings (SSSR count). The van der Waals surface area contributed by atoms with Gasteiger partial charge in [0.25, 0.3) is 10.0 Å². The summed E-state index contributed by atoms with van der Waals surface area (Å²) in [7, 11) is -5.72. The number of sulfonamides is 1. The molecule has 1 heterocycles. The van der Waals surface area contributed by atoms with Gasteiger partial charge in [-0.2, -0.15) is 8.42 Å². The van der Waals surface area contributed by atoms with Gasteiger partial charge in [-0.1, -0.05) is 94.1 Å². The van der Waals surface area contributed by atoms with Crippen LogP contribution < -0.4 is 4.90 Å². The van der Waals surface area contributed by atoms with E-state index in [1.54, 1.807) is 12.1 Å². The molecule has 174 valence electrons. The fourth-order valence-corrected chi connectivity index (χ4v) is 12.8. The Morgan fingerprint density at radius 3 is 2.06 bits per heavy atom. The first kappa shape index (κ1) is 24.7. The van der Waals surface area contributed by atoms with Gasteiger partial charge in [0.15, 0.2) is 0 Å². The molecule has 0 atom stereocenters. The van der Waals surface area contributed by atoms with Crippen LogP contribution in [0.5, 0.6) is 0 Å². The van der Waals surface area contributed by atoms with Gasteiger partial charge >= 0.3 is 0 Å². The number of rotatable bonds is 7. The summed E-state index contributed by atoms with van der Waals surface area (Å²) in [5, 5.41) is 0. The maximum Gasteiger partial charge on any atom is 0.283 e. The van der Waals surface area contributed by atoms with Crippen molar-refractivity contribution in [3.05, 3.63) is 59.7 Å². The average molecular weight is 471 g/mol. The Kier molecular flexibility index (Phi) is 7.35. The topological polar surface area (TPSA) is 49.7 Å². The van der Waals surface area contributed by atoms with Crippen molar-refractivity contribution in [3.8, 4) is 0 Å². The second kappa shape index (κ2) is 9.52. The van der Waals surface area contributed by atoms with Gasteiger partial charge in [0.2, 0.25) is 0 Å². The van der Waals surface area contributed by atoms with Crippen LogP contribution in [0.1, 0.15) is 52.7 Å². The van der Waals surface area contributed by atoms with E-state index in [4.69, 9.17) is 0 Å². The van der Waals surface area contributed by atoms with Gasteiger partial charge in [0, 0.05) is 18.3 Å². The summed E-state index contributed by atoms with van der Waals surface area (Å²) in [6.45, 7) is 16.6. The molecule has 0 bridgehead atoms. The Bertz CT molecular complexity index is 1050. The zero-order valence-corrected chi connectivity index (χ0v) is 22.4. The summed E-state index contributed by atoms with van der Waals surface area (Å²) in [6, 6.07) is 16.1. The molecule has 0 saturated heterocycles. The van der Waals surface area contributed by atoms with Crippen molar-refractivity contribution < 1.29 is 8.42 Å². The largest absolute Gasteiger partial charge is 0.329 e. The minimum Gasteiger partial charge on any atom is -0.329 e. The Morgan fingerprint density at radius 2 is 1.50 bits per heavy atom.